The van der Waals surface area contributed by atoms with Gasteiger partial charge in [-0.25, -0.2) is 0 Å². The van der Waals surface area contributed by atoms with Crippen LogP contribution in [0, 0.1) is 0 Å². The third-order valence-electron chi connectivity index (χ3n) is 2.09. The molecule has 0 bridgehead atoms. The van der Waals surface area contributed by atoms with E-state index in [0.29, 0.717) is 6.04 Å². The second kappa shape index (κ2) is 4.22. The molecule has 0 aromatic carbocycles. The highest BCUT2D eigenvalue weighted by Gasteiger charge is 2.05. The van der Waals surface area contributed by atoms with E-state index < -0.39 is 0 Å². The van der Waals surface area contributed by atoms with E-state index in [1.54, 1.807) is 0 Å². The molecule has 0 aliphatic carbocycles. The average Bonchev–Trinajstić information content (AvgIpc) is 2.00. The molecule has 0 heterocycles. The fourth-order valence-corrected chi connectivity index (χ4v) is 0.756. The van der Waals surface area contributed by atoms with E-state index in [1.165, 1.54) is 5.57 Å². The van der Waals surface area contributed by atoms with Crippen LogP contribution in [0.3, 0.4) is 0 Å². The molecular weight excluding hydrogens is 134 g/mol. The Balaban J connectivity index is 4.26. The molecule has 0 atom stereocenters. The molecule has 1 nitrogen and oxygen atoms in total. The normalized spacial score (nSPS) is 12.0. The van der Waals surface area contributed by atoms with Crippen LogP contribution in [0.5, 0.6) is 0 Å². The van der Waals surface area contributed by atoms with Gasteiger partial charge in [-0.3, -0.25) is 0 Å². The van der Waals surface area contributed by atoms with Crippen LogP contribution in [-0.2, 0) is 0 Å². The predicted molar refractivity (Wildman–Crippen MR) is 51.5 cm³/mol. The number of rotatable bonds is 3. The zero-order valence-corrected chi connectivity index (χ0v) is 8.31. The van der Waals surface area contributed by atoms with E-state index in [2.05, 4.69) is 45.4 Å². The molecule has 0 aliphatic heterocycles. The summed E-state index contributed by atoms with van der Waals surface area (Å²) in [6, 6.07) is 0.525. The van der Waals surface area contributed by atoms with Gasteiger partial charge in [-0.2, -0.15) is 0 Å². The van der Waals surface area contributed by atoms with Crippen molar-refractivity contribution in [2.45, 2.75) is 33.7 Å². The number of hydrogen-bond donors (Lipinski definition) is 0. The van der Waals surface area contributed by atoms with Crippen LogP contribution in [0.15, 0.2) is 23.9 Å². The smallest absolute Gasteiger partial charge is 0.0319 e. The zero-order valence-electron chi connectivity index (χ0n) is 8.31. The lowest BCUT2D eigenvalue weighted by atomic mass is 10.2. The van der Waals surface area contributed by atoms with Crippen LogP contribution >= 0.6 is 0 Å². The van der Waals surface area contributed by atoms with Crippen LogP contribution in [0.4, 0.5) is 0 Å². The molecule has 0 aromatic heterocycles. The first-order valence-corrected chi connectivity index (χ1v) is 4.05. The maximum absolute atomic E-state index is 4.00. The van der Waals surface area contributed by atoms with Crippen molar-refractivity contribution in [2.24, 2.45) is 0 Å². The van der Waals surface area contributed by atoms with Crippen molar-refractivity contribution in [3.05, 3.63) is 23.9 Å². The zero-order chi connectivity index (χ0) is 9.02. The highest BCUT2D eigenvalue weighted by molar-refractivity contribution is 5.24. The number of hydrogen-bond acceptors (Lipinski definition) is 1. The predicted octanol–water partition coefficient (Wildman–Crippen LogP) is 2.81. The van der Waals surface area contributed by atoms with Crippen LogP contribution in [0.25, 0.3) is 0 Å². The summed E-state index contributed by atoms with van der Waals surface area (Å²) in [4.78, 5) is 2.18. The van der Waals surface area contributed by atoms with Crippen molar-refractivity contribution in [1.82, 2.24) is 4.90 Å². The van der Waals surface area contributed by atoms with Gasteiger partial charge < -0.3 is 4.90 Å². The summed E-state index contributed by atoms with van der Waals surface area (Å²) in [6.07, 6.45) is 2.08. The second-order valence-electron chi connectivity index (χ2n) is 3.12. The lowest BCUT2D eigenvalue weighted by Crippen LogP contribution is -2.25. The monoisotopic (exact) mass is 153 g/mol. The van der Waals surface area contributed by atoms with Gasteiger partial charge in [0.15, 0.2) is 0 Å². The summed E-state index contributed by atoms with van der Waals surface area (Å²) in [5.41, 5.74) is 2.36. The lowest BCUT2D eigenvalue weighted by Gasteiger charge is -2.26. The molecule has 0 amide bonds. The molecular formula is C10H19N. The molecule has 11 heavy (non-hydrogen) atoms. The van der Waals surface area contributed by atoms with Gasteiger partial charge in [0.1, 0.15) is 0 Å². The lowest BCUT2D eigenvalue weighted by molar-refractivity contribution is 0.351. The van der Waals surface area contributed by atoms with E-state index in [0.717, 1.165) is 5.70 Å². The molecule has 0 N–H and O–H groups in total. The van der Waals surface area contributed by atoms with Crippen molar-refractivity contribution in [2.75, 3.05) is 7.05 Å². The van der Waals surface area contributed by atoms with Gasteiger partial charge in [0.25, 0.3) is 0 Å². The van der Waals surface area contributed by atoms with Gasteiger partial charge in [0.2, 0.25) is 0 Å². The summed E-state index contributed by atoms with van der Waals surface area (Å²) in [5.74, 6) is 0. The van der Waals surface area contributed by atoms with Crippen molar-refractivity contribution in [1.29, 1.82) is 0 Å². The Kier molecular flexibility index (Phi) is 3.94. The van der Waals surface area contributed by atoms with Gasteiger partial charge in [0.05, 0.1) is 0 Å². The molecule has 0 saturated heterocycles. The van der Waals surface area contributed by atoms with Crippen molar-refractivity contribution in [3.8, 4) is 0 Å². The summed E-state index contributed by atoms with van der Waals surface area (Å²) in [7, 11) is 2.07. The molecule has 0 aromatic rings. The van der Waals surface area contributed by atoms with E-state index >= 15 is 0 Å². The van der Waals surface area contributed by atoms with Crippen molar-refractivity contribution in [3.63, 3.8) is 0 Å². The Labute approximate surface area is 70.4 Å². The third-order valence-corrected chi connectivity index (χ3v) is 2.09. The SMILES string of the molecule is C=C(/C(C)=C\C)N(C)C(C)C. The van der Waals surface area contributed by atoms with Crippen LogP contribution in [0.2, 0.25) is 0 Å². The quantitative estimate of drug-likeness (QED) is 0.563. The van der Waals surface area contributed by atoms with E-state index in [-0.39, 0.29) is 0 Å². The Morgan fingerprint density at radius 2 is 1.91 bits per heavy atom. The van der Waals surface area contributed by atoms with Gasteiger partial charge in [-0.05, 0) is 33.3 Å². The molecule has 0 saturated carbocycles. The highest BCUT2D eigenvalue weighted by Crippen LogP contribution is 2.12. The number of allylic oxidation sites excluding steroid dienone is 2. The first-order chi connectivity index (χ1) is 5.00. The van der Waals surface area contributed by atoms with E-state index in [4.69, 9.17) is 0 Å². The van der Waals surface area contributed by atoms with Crippen LogP contribution < -0.4 is 0 Å². The first-order valence-electron chi connectivity index (χ1n) is 4.05. The average molecular weight is 153 g/mol. The maximum Gasteiger partial charge on any atom is 0.0319 e. The molecule has 0 aliphatic rings. The van der Waals surface area contributed by atoms with E-state index in [1.807, 2.05) is 6.92 Å². The second-order valence-corrected chi connectivity index (χ2v) is 3.12. The molecule has 0 radical (unpaired) electrons. The minimum absolute atomic E-state index is 0.525. The van der Waals surface area contributed by atoms with Gasteiger partial charge in [0, 0.05) is 18.8 Å². The highest BCUT2D eigenvalue weighted by atomic mass is 15.1. The fraction of sp³-hybridized carbons (Fsp3) is 0.600. The third kappa shape index (κ3) is 2.79. The summed E-state index contributed by atoms with van der Waals surface area (Å²) >= 11 is 0. The molecule has 0 unspecified atom stereocenters. The van der Waals surface area contributed by atoms with Crippen LogP contribution in [0.1, 0.15) is 27.7 Å². The summed E-state index contributed by atoms with van der Waals surface area (Å²) < 4.78 is 0. The fourth-order valence-electron chi connectivity index (χ4n) is 0.756. The Morgan fingerprint density at radius 3 is 2.18 bits per heavy atom. The minimum Gasteiger partial charge on any atom is -0.372 e. The molecule has 64 valence electrons. The van der Waals surface area contributed by atoms with E-state index in [9.17, 15) is 0 Å². The molecule has 1 heteroatoms. The van der Waals surface area contributed by atoms with Crippen LogP contribution in [-0.4, -0.2) is 18.0 Å². The van der Waals surface area contributed by atoms with Crippen molar-refractivity contribution >= 4 is 0 Å². The van der Waals surface area contributed by atoms with Gasteiger partial charge in [-0.1, -0.05) is 12.7 Å². The number of likely N-dealkylation sites (N-methyl/N-ethyl adjacent to an activating group) is 1. The molecule has 0 spiro atoms. The largest absolute Gasteiger partial charge is 0.372 e. The molecule has 0 fully saturated rings. The Bertz CT molecular complexity index is 166. The summed E-state index contributed by atoms with van der Waals surface area (Å²) in [6.45, 7) is 12.4. The molecule has 0 rings (SSSR count). The first kappa shape index (κ1) is 10.3. The maximum atomic E-state index is 4.00. The van der Waals surface area contributed by atoms with Gasteiger partial charge in [-0.15, -0.1) is 0 Å². The van der Waals surface area contributed by atoms with Gasteiger partial charge >= 0.3 is 0 Å². The Morgan fingerprint density at radius 1 is 1.45 bits per heavy atom. The minimum atomic E-state index is 0.525. The summed E-state index contributed by atoms with van der Waals surface area (Å²) in [5, 5.41) is 0. The van der Waals surface area contributed by atoms with Crippen molar-refractivity contribution < 1.29 is 0 Å². The topological polar surface area (TPSA) is 3.24 Å². The Hall–Kier alpha value is -0.720. The standard InChI is InChI=1S/C10H19N/c1-7-9(4)10(5)11(6)8(2)3/h7-8H,5H2,1-4,6H3/b9-7-. The number of nitrogens with zero attached hydrogens (tertiary/aromatic N) is 1.